The molecule has 1 aromatic heterocycles. The highest BCUT2D eigenvalue weighted by Gasteiger charge is 2.33. The van der Waals surface area contributed by atoms with E-state index in [1.165, 1.54) is 31.4 Å². The summed E-state index contributed by atoms with van der Waals surface area (Å²) in [5.41, 5.74) is 3.94. The fraction of sp³-hybridized carbons (Fsp3) is 0.444. The summed E-state index contributed by atoms with van der Waals surface area (Å²) in [6.45, 7) is 3.22. The molecule has 190 valence electrons. The van der Waals surface area contributed by atoms with Crippen LogP contribution in [0.1, 0.15) is 55.1 Å². The van der Waals surface area contributed by atoms with Gasteiger partial charge < -0.3 is 19.1 Å². The molecule has 1 fully saturated rings. The summed E-state index contributed by atoms with van der Waals surface area (Å²) in [5.74, 6) is -1.64. The number of anilines is 1. The van der Waals surface area contributed by atoms with Crippen molar-refractivity contribution in [2.75, 3.05) is 25.2 Å². The fourth-order valence-corrected chi connectivity index (χ4v) is 5.53. The second kappa shape index (κ2) is 9.89. The lowest BCUT2D eigenvalue weighted by Crippen LogP contribution is -2.42. The van der Waals surface area contributed by atoms with Gasteiger partial charge in [-0.15, -0.1) is 0 Å². The number of ether oxygens (including phenoxy) is 2. The van der Waals surface area contributed by atoms with Crippen molar-refractivity contribution in [2.24, 2.45) is 0 Å². The highest BCUT2D eigenvalue weighted by Crippen LogP contribution is 2.39. The number of carboxylic acid groups (broad SMARTS) is 1. The van der Waals surface area contributed by atoms with Crippen molar-refractivity contribution in [3.63, 3.8) is 0 Å². The third-order valence-corrected chi connectivity index (χ3v) is 7.36. The van der Waals surface area contributed by atoms with Crippen molar-refractivity contribution in [2.45, 2.75) is 57.0 Å². The molecule has 1 saturated heterocycles. The molecule has 0 radical (unpaired) electrons. The zero-order valence-electron chi connectivity index (χ0n) is 20.4. The molecule has 9 heteroatoms. The molecule has 2 aliphatic heterocycles. The fourth-order valence-electron chi connectivity index (χ4n) is 5.53. The average Bonchev–Trinajstić information content (AvgIpc) is 3.26. The van der Waals surface area contributed by atoms with E-state index >= 15 is 0 Å². The lowest BCUT2D eigenvalue weighted by atomic mass is 9.95. The molecular weight excluding hydrogens is 465 g/mol. The van der Waals surface area contributed by atoms with Crippen LogP contribution in [0.2, 0.25) is 0 Å². The Hall–Kier alpha value is -3.46. The molecule has 1 N–H and O–H groups in total. The van der Waals surface area contributed by atoms with Crippen molar-refractivity contribution >= 4 is 28.8 Å². The van der Waals surface area contributed by atoms with E-state index < -0.39 is 23.8 Å². The summed E-state index contributed by atoms with van der Waals surface area (Å²) in [4.78, 5) is 31.5. The summed E-state index contributed by atoms with van der Waals surface area (Å²) in [7, 11) is 1.37. The number of nitrogens with zero attached hydrogens (tertiary/aromatic N) is 3. The highest BCUT2D eigenvalue weighted by molar-refractivity contribution is 5.95. The van der Waals surface area contributed by atoms with Crippen LogP contribution >= 0.6 is 0 Å². The number of aryl methyl sites for hydroxylation is 1. The van der Waals surface area contributed by atoms with E-state index in [-0.39, 0.29) is 18.5 Å². The molecule has 3 atom stereocenters. The van der Waals surface area contributed by atoms with Gasteiger partial charge in [0.2, 0.25) is 0 Å². The Morgan fingerprint density at radius 3 is 2.67 bits per heavy atom. The molecule has 36 heavy (non-hydrogen) atoms. The van der Waals surface area contributed by atoms with Gasteiger partial charge in [-0.3, -0.25) is 9.69 Å². The van der Waals surface area contributed by atoms with Crippen LogP contribution < -0.4 is 4.90 Å². The number of aliphatic carboxylic acids is 1. The third kappa shape index (κ3) is 4.32. The maximum atomic E-state index is 13.5. The third-order valence-electron chi connectivity index (χ3n) is 7.36. The SMILES string of the molecule is COC(=O)N1c2ccc3c(nc(CC(C(=O)O)c4ccc(F)cc4)n3C3CCCOC3)c2CC[C@@H]1C. The Morgan fingerprint density at radius 2 is 2.00 bits per heavy atom. The van der Waals surface area contributed by atoms with E-state index in [1.807, 2.05) is 19.1 Å². The molecule has 1 amide bonds. The number of rotatable bonds is 5. The number of amides is 1. The first-order chi connectivity index (χ1) is 17.4. The second-order valence-corrected chi connectivity index (χ2v) is 9.57. The Labute approximate surface area is 208 Å². The summed E-state index contributed by atoms with van der Waals surface area (Å²) in [6, 6.07) is 9.50. The number of halogens is 1. The zero-order chi connectivity index (χ0) is 25.4. The van der Waals surface area contributed by atoms with Gasteiger partial charge in [-0.2, -0.15) is 0 Å². The molecule has 3 heterocycles. The van der Waals surface area contributed by atoms with Crippen molar-refractivity contribution in [3.05, 3.63) is 59.2 Å². The van der Waals surface area contributed by atoms with Gasteiger partial charge in [-0.05, 0) is 62.4 Å². The molecule has 3 aromatic rings. The number of imidazole rings is 1. The van der Waals surface area contributed by atoms with E-state index in [2.05, 4.69) is 4.57 Å². The number of aromatic nitrogens is 2. The number of methoxy groups -OCH3 is 1. The number of hydrogen-bond donors (Lipinski definition) is 1. The Bertz CT molecular complexity index is 1280. The van der Waals surface area contributed by atoms with Crippen LogP contribution in [-0.2, 0) is 27.1 Å². The van der Waals surface area contributed by atoms with Gasteiger partial charge >= 0.3 is 12.1 Å². The van der Waals surface area contributed by atoms with Gasteiger partial charge in [0, 0.05) is 24.6 Å². The molecule has 8 nitrogen and oxygen atoms in total. The number of hydrogen-bond acceptors (Lipinski definition) is 5. The molecule has 0 saturated carbocycles. The Kier molecular flexibility index (Phi) is 6.66. The smallest absolute Gasteiger partial charge is 0.414 e. The predicted octanol–water partition coefficient (Wildman–Crippen LogP) is 4.85. The van der Waals surface area contributed by atoms with E-state index in [1.54, 1.807) is 4.90 Å². The molecule has 0 spiro atoms. The minimum atomic E-state index is -0.993. The molecule has 0 bridgehead atoms. The van der Waals surface area contributed by atoms with E-state index in [4.69, 9.17) is 14.5 Å². The largest absolute Gasteiger partial charge is 0.481 e. The van der Waals surface area contributed by atoms with E-state index in [9.17, 15) is 19.1 Å². The molecule has 0 aliphatic carbocycles. The summed E-state index contributed by atoms with van der Waals surface area (Å²) in [5, 5.41) is 10.1. The van der Waals surface area contributed by atoms with Gasteiger partial charge in [-0.25, -0.2) is 14.2 Å². The van der Waals surface area contributed by atoms with Crippen molar-refractivity contribution in [3.8, 4) is 0 Å². The minimum absolute atomic E-state index is 0.00873. The molecule has 2 aliphatic rings. The van der Waals surface area contributed by atoms with Gasteiger partial charge in [0.15, 0.2) is 0 Å². The molecular formula is C27H30FN3O5. The standard InChI is InChI=1S/C27H30FN3O5/c1-16-5-10-20-22(30(16)27(34)35-2)11-12-23-25(20)29-24(31(23)19-4-3-13-36-15-19)14-21(26(32)33)17-6-8-18(28)9-7-17/h6-9,11-12,16,19,21H,3-5,10,13-15H2,1-2H3,(H,32,33)/t16-,19?,21?/m0/s1. The van der Waals surface area contributed by atoms with Crippen molar-refractivity contribution < 1.29 is 28.6 Å². The zero-order valence-corrected chi connectivity index (χ0v) is 20.4. The van der Waals surface area contributed by atoms with Gasteiger partial charge in [-0.1, -0.05) is 12.1 Å². The van der Waals surface area contributed by atoms with Crippen LogP contribution in [0, 0.1) is 5.82 Å². The summed E-state index contributed by atoms with van der Waals surface area (Å²) in [6.07, 6.45) is 3.06. The average molecular weight is 496 g/mol. The highest BCUT2D eigenvalue weighted by atomic mass is 19.1. The lowest BCUT2D eigenvalue weighted by molar-refractivity contribution is -0.138. The van der Waals surface area contributed by atoms with Crippen LogP contribution in [0.5, 0.6) is 0 Å². The monoisotopic (exact) mass is 495 g/mol. The maximum absolute atomic E-state index is 13.5. The van der Waals surface area contributed by atoms with Crippen LogP contribution in [0.3, 0.4) is 0 Å². The number of benzene rings is 2. The second-order valence-electron chi connectivity index (χ2n) is 9.57. The van der Waals surface area contributed by atoms with Gasteiger partial charge in [0.05, 0.1) is 42.4 Å². The quantitative estimate of drug-likeness (QED) is 0.544. The molecule has 2 unspecified atom stereocenters. The topological polar surface area (TPSA) is 93.9 Å². The minimum Gasteiger partial charge on any atom is -0.481 e. The van der Waals surface area contributed by atoms with Crippen molar-refractivity contribution in [1.29, 1.82) is 0 Å². The maximum Gasteiger partial charge on any atom is 0.414 e. The van der Waals surface area contributed by atoms with Gasteiger partial charge in [0.1, 0.15) is 11.6 Å². The van der Waals surface area contributed by atoms with Crippen LogP contribution in [0.25, 0.3) is 11.0 Å². The number of carboxylic acids is 1. The first kappa shape index (κ1) is 24.2. The van der Waals surface area contributed by atoms with Crippen LogP contribution in [-0.4, -0.2) is 53.1 Å². The van der Waals surface area contributed by atoms with Crippen LogP contribution in [0.15, 0.2) is 36.4 Å². The summed E-state index contributed by atoms with van der Waals surface area (Å²) >= 11 is 0. The van der Waals surface area contributed by atoms with Gasteiger partial charge in [0.25, 0.3) is 0 Å². The Morgan fingerprint density at radius 1 is 1.22 bits per heavy atom. The number of fused-ring (bicyclic) bond motifs is 3. The molecule has 5 rings (SSSR count). The first-order valence-electron chi connectivity index (χ1n) is 12.3. The number of carbonyl (C=O) groups excluding carboxylic acids is 1. The number of carbonyl (C=O) groups is 2. The lowest BCUT2D eigenvalue weighted by Gasteiger charge is -2.34. The predicted molar refractivity (Wildman–Crippen MR) is 132 cm³/mol. The molecule has 2 aromatic carbocycles. The normalized spacial score (nSPS) is 20.7. The van der Waals surface area contributed by atoms with Crippen molar-refractivity contribution in [1.82, 2.24) is 9.55 Å². The summed E-state index contributed by atoms with van der Waals surface area (Å²) < 4.78 is 26.4. The van der Waals surface area contributed by atoms with Crippen LogP contribution in [0.4, 0.5) is 14.9 Å². The Balaban J connectivity index is 1.64. The van der Waals surface area contributed by atoms with E-state index in [0.29, 0.717) is 24.6 Å². The van der Waals surface area contributed by atoms with E-state index in [0.717, 1.165) is 48.0 Å². The first-order valence-corrected chi connectivity index (χ1v) is 12.3.